The summed E-state index contributed by atoms with van der Waals surface area (Å²) in [7, 11) is 5.40. The maximum absolute atomic E-state index is 12.6. The first-order chi connectivity index (χ1) is 12.2. The van der Waals surface area contributed by atoms with Crippen molar-refractivity contribution in [1.82, 2.24) is 23.5 Å². The zero-order valence-corrected chi connectivity index (χ0v) is 16.9. The lowest BCUT2D eigenvalue weighted by molar-refractivity contribution is 0.199. The van der Waals surface area contributed by atoms with Crippen LogP contribution in [0.3, 0.4) is 0 Å². The molecule has 1 aromatic rings. The average molecular weight is 385 g/mol. The van der Waals surface area contributed by atoms with Crippen LogP contribution in [0.25, 0.3) is 0 Å². The van der Waals surface area contributed by atoms with Gasteiger partial charge in [0.15, 0.2) is 0 Å². The molecule has 0 aliphatic carbocycles. The molecule has 2 atom stereocenters. The van der Waals surface area contributed by atoms with Crippen molar-refractivity contribution in [3.8, 4) is 5.88 Å². The van der Waals surface area contributed by atoms with Crippen LogP contribution in [-0.4, -0.2) is 99.9 Å². The van der Waals surface area contributed by atoms with Gasteiger partial charge in [-0.15, -0.1) is 0 Å². The topological polar surface area (TPSA) is 82.1 Å². The number of rotatable bonds is 6. The van der Waals surface area contributed by atoms with Gasteiger partial charge in [0.25, 0.3) is 10.2 Å². The molecule has 0 spiro atoms. The minimum atomic E-state index is -3.41. The third-order valence-corrected chi connectivity index (χ3v) is 7.11. The van der Waals surface area contributed by atoms with Gasteiger partial charge < -0.3 is 14.5 Å². The Morgan fingerprint density at radius 1 is 1.27 bits per heavy atom. The molecule has 2 aliphatic rings. The summed E-state index contributed by atoms with van der Waals surface area (Å²) in [5.41, 5.74) is -0.140. The fraction of sp³-hybridized carbons (Fsp3) is 0.750. The molecule has 1 aromatic heterocycles. The summed E-state index contributed by atoms with van der Waals surface area (Å²) >= 11 is 0. The van der Waals surface area contributed by atoms with Crippen LogP contribution in [0.4, 0.5) is 5.95 Å². The van der Waals surface area contributed by atoms with Crippen LogP contribution in [0.15, 0.2) is 12.3 Å². The van der Waals surface area contributed by atoms with Crippen LogP contribution >= 0.6 is 0 Å². The second-order valence-electron chi connectivity index (χ2n) is 7.66. The van der Waals surface area contributed by atoms with E-state index in [2.05, 4.69) is 19.8 Å². The molecule has 0 bridgehead atoms. The second kappa shape index (κ2) is 6.91. The lowest BCUT2D eigenvalue weighted by Crippen LogP contribution is -2.45. The van der Waals surface area contributed by atoms with Gasteiger partial charge in [-0.05, 0) is 14.1 Å². The van der Waals surface area contributed by atoms with Gasteiger partial charge in [-0.1, -0.05) is 0 Å². The summed E-state index contributed by atoms with van der Waals surface area (Å²) in [4.78, 5) is 13.1. The summed E-state index contributed by atoms with van der Waals surface area (Å²) in [6.45, 7) is 3.31. The van der Waals surface area contributed by atoms with Crippen molar-refractivity contribution in [1.29, 1.82) is 0 Å². The highest BCUT2D eigenvalue weighted by atomic mass is 32.2. The van der Waals surface area contributed by atoms with Crippen LogP contribution in [0.5, 0.6) is 5.88 Å². The Kier molecular flexibility index (Phi) is 5.13. The van der Waals surface area contributed by atoms with Crippen molar-refractivity contribution in [2.75, 3.05) is 72.9 Å². The number of fused-ring (bicyclic) bond motifs is 1. The van der Waals surface area contributed by atoms with Gasteiger partial charge in [-0.3, -0.25) is 0 Å². The van der Waals surface area contributed by atoms with Crippen molar-refractivity contribution in [2.45, 2.75) is 0 Å². The van der Waals surface area contributed by atoms with Crippen LogP contribution < -0.4 is 9.64 Å². The first-order valence-electron chi connectivity index (χ1n) is 8.62. The van der Waals surface area contributed by atoms with E-state index in [1.54, 1.807) is 37.8 Å². The van der Waals surface area contributed by atoms with Gasteiger partial charge in [0.2, 0.25) is 11.8 Å². The molecule has 0 N–H and O–H groups in total. The third kappa shape index (κ3) is 3.38. The molecule has 0 radical (unpaired) electrons. The van der Waals surface area contributed by atoms with Crippen molar-refractivity contribution >= 4 is 16.2 Å². The molecular formula is C16H28N6O3S. The fourth-order valence-electron chi connectivity index (χ4n) is 4.14. The van der Waals surface area contributed by atoms with E-state index in [1.165, 1.54) is 4.31 Å². The minimum absolute atomic E-state index is 0.140. The Hall–Kier alpha value is -1.49. The van der Waals surface area contributed by atoms with Gasteiger partial charge in [0.1, 0.15) is 0 Å². The molecule has 26 heavy (non-hydrogen) atoms. The molecule has 0 unspecified atom stereocenters. The van der Waals surface area contributed by atoms with Crippen molar-refractivity contribution < 1.29 is 13.2 Å². The van der Waals surface area contributed by atoms with Gasteiger partial charge in [0, 0.05) is 70.4 Å². The minimum Gasteiger partial charge on any atom is -0.481 e. The predicted molar refractivity (Wildman–Crippen MR) is 99.5 cm³/mol. The van der Waals surface area contributed by atoms with E-state index in [4.69, 9.17) is 4.74 Å². The van der Waals surface area contributed by atoms with Crippen molar-refractivity contribution in [3.05, 3.63) is 12.3 Å². The van der Waals surface area contributed by atoms with Crippen LogP contribution in [-0.2, 0) is 10.2 Å². The lowest BCUT2D eigenvalue weighted by Gasteiger charge is -2.32. The molecular weight excluding hydrogens is 356 g/mol. The SMILES string of the molecule is COc1ccnc(N2C[C@H]3CN(S(=O)(=O)N(C)C)C[C@@]3(CN(C)C)C2)n1. The molecule has 2 fully saturated rings. The van der Waals surface area contributed by atoms with E-state index in [0.29, 0.717) is 24.9 Å². The van der Waals surface area contributed by atoms with E-state index >= 15 is 0 Å². The standard InChI is InChI=1S/C16H28N6O3S/c1-19(2)10-16-11-21(15-17-7-6-14(18-15)25-5)8-13(16)9-22(12-16)26(23,24)20(3)4/h6-7,13H,8-12H2,1-5H3/t13-,16+/m0/s1. The highest BCUT2D eigenvalue weighted by Crippen LogP contribution is 2.44. The largest absolute Gasteiger partial charge is 0.481 e. The molecule has 9 nitrogen and oxygen atoms in total. The summed E-state index contributed by atoms with van der Waals surface area (Å²) in [6, 6.07) is 1.72. The zero-order chi connectivity index (χ0) is 19.1. The molecule has 2 saturated heterocycles. The van der Waals surface area contributed by atoms with Crippen molar-refractivity contribution in [3.63, 3.8) is 0 Å². The Balaban J connectivity index is 1.86. The zero-order valence-electron chi connectivity index (χ0n) is 16.1. The summed E-state index contributed by atoms with van der Waals surface area (Å²) < 4.78 is 33.3. The van der Waals surface area contributed by atoms with E-state index in [9.17, 15) is 8.42 Å². The van der Waals surface area contributed by atoms with E-state index in [-0.39, 0.29) is 11.3 Å². The number of ether oxygens (including phenoxy) is 1. The summed E-state index contributed by atoms with van der Waals surface area (Å²) in [5.74, 6) is 1.40. The maximum Gasteiger partial charge on any atom is 0.281 e. The number of nitrogens with zero attached hydrogens (tertiary/aromatic N) is 6. The van der Waals surface area contributed by atoms with Gasteiger partial charge in [-0.2, -0.15) is 22.0 Å². The first-order valence-corrected chi connectivity index (χ1v) is 10.0. The average Bonchev–Trinajstić information content (AvgIpc) is 3.08. The second-order valence-corrected chi connectivity index (χ2v) is 9.80. The monoisotopic (exact) mass is 384 g/mol. The van der Waals surface area contributed by atoms with Gasteiger partial charge >= 0.3 is 0 Å². The normalized spacial score (nSPS) is 26.7. The molecule has 2 aliphatic heterocycles. The Morgan fingerprint density at radius 2 is 2.00 bits per heavy atom. The van der Waals surface area contributed by atoms with Crippen molar-refractivity contribution in [2.24, 2.45) is 11.3 Å². The lowest BCUT2D eigenvalue weighted by atomic mass is 9.80. The Bertz CT molecular complexity index is 756. The smallest absolute Gasteiger partial charge is 0.281 e. The number of hydrogen-bond acceptors (Lipinski definition) is 7. The molecule has 0 saturated carbocycles. The maximum atomic E-state index is 12.6. The predicted octanol–water partition coefficient (Wildman–Crippen LogP) is -0.409. The number of aromatic nitrogens is 2. The number of hydrogen-bond donors (Lipinski definition) is 0. The molecule has 146 valence electrons. The summed E-state index contributed by atoms with van der Waals surface area (Å²) in [6.07, 6.45) is 1.69. The first kappa shape index (κ1) is 19.3. The molecule has 10 heteroatoms. The van der Waals surface area contributed by atoms with Gasteiger partial charge in [0.05, 0.1) is 7.11 Å². The van der Waals surface area contributed by atoms with Gasteiger partial charge in [-0.25, -0.2) is 4.98 Å². The molecule has 3 heterocycles. The Morgan fingerprint density at radius 3 is 2.62 bits per heavy atom. The molecule has 3 rings (SSSR count). The van der Waals surface area contributed by atoms with Crippen LogP contribution in [0.1, 0.15) is 0 Å². The quantitative estimate of drug-likeness (QED) is 0.659. The van der Waals surface area contributed by atoms with Crippen LogP contribution in [0.2, 0.25) is 0 Å². The highest BCUT2D eigenvalue weighted by Gasteiger charge is 2.55. The number of anilines is 1. The van der Waals surface area contributed by atoms with E-state index < -0.39 is 10.2 Å². The molecule has 0 aromatic carbocycles. The van der Waals surface area contributed by atoms with E-state index in [1.807, 2.05) is 14.1 Å². The molecule has 0 amide bonds. The fourth-order valence-corrected chi connectivity index (χ4v) is 5.39. The third-order valence-electron chi connectivity index (χ3n) is 5.26. The Labute approximate surface area is 155 Å². The number of methoxy groups -OCH3 is 1. The summed E-state index contributed by atoms with van der Waals surface area (Å²) in [5, 5.41) is 0. The van der Waals surface area contributed by atoms with E-state index in [0.717, 1.165) is 19.6 Å². The van der Waals surface area contributed by atoms with Crippen LogP contribution in [0, 0.1) is 11.3 Å². The highest BCUT2D eigenvalue weighted by molar-refractivity contribution is 7.86.